The van der Waals surface area contributed by atoms with Crippen LogP contribution in [0.5, 0.6) is 5.75 Å². The average Bonchev–Trinajstić information content (AvgIpc) is 2.55. The molecule has 0 heterocycles. The number of halogens is 1. The van der Waals surface area contributed by atoms with Gasteiger partial charge in [0.1, 0.15) is 5.75 Å². The van der Waals surface area contributed by atoms with Crippen molar-refractivity contribution in [1.29, 1.82) is 0 Å². The predicted molar refractivity (Wildman–Crippen MR) is 90.5 cm³/mol. The number of methoxy groups -OCH3 is 1. The highest BCUT2D eigenvalue weighted by molar-refractivity contribution is 8.00. The lowest BCUT2D eigenvalue weighted by molar-refractivity contribution is -0.384. The molecular weight excluding hydrogens is 340 g/mol. The van der Waals surface area contributed by atoms with Crippen molar-refractivity contribution in [2.24, 2.45) is 0 Å². The van der Waals surface area contributed by atoms with E-state index in [1.807, 2.05) is 24.3 Å². The summed E-state index contributed by atoms with van der Waals surface area (Å²) in [7, 11) is 1.57. The van der Waals surface area contributed by atoms with Gasteiger partial charge in [0, 0.05) is 17.0 Å². The van der Waals surface area contributed by atoms with Crippen molar-refractivity contribution in [2.75, 3.05) is 18.2 Å². The summed E-state index contributed by atoms with van der Waals surface area (Å²) in [6, 6.07) is 11.2. The Bertz CT molecular complexity index is 739. The number of ether oxygens (including phenoxy) is 1. The van der Waals surface area contributed by atoms with Crippen LogP contribution in [0.4, 0.5) is 11.4 Å². The van der Waals surface area contributed by atoms with Gasteiger partial charge in [-0.1, -0.05) is 17.7 Å². The van der Waals surface area contributed by atoms with Gasteiger partial charge >= 0.3 is 0 Å². The summed E-state index contributed by atoms with van der Waals surface area (Å²) in [4.78, 5) is 23.1. The number of nitro groups is 1. The molecule has 0 aliphatic rings. The summed E-state index contributed by atoms with van der Waals surface area (Å²) < 4.78 is 5.11. The number of nitro benzene ring substituents is 1. The van der Waals surface area contributed by atoms with Crippen LogP contribution in [-0.2, 0) is 4.79 Å². The number of nitrogens with one attached hydrogen (secondary N) is 1. The largest absolute Gasteiger partial charge is 0.497 e. The van der Waals surface area contributed by atoms with E-state index in [0.29, 0.717) is 5.75 Å². The molecule has 0 atom stereocenters. The normalized spacial score (nSPS) is 10.2. The minimum atomic E-state index is -0.545. The molecule has 0 saturated heterocycles. The van der Waals surface area contributed by atoms with Gasteiger partial charge in [0.25, 0.3) is 5.69 Å². The highest BCUT2D eigenvalue weighted by Gasteiger charge is 2.12. The average molecular weight is 353 g/mol. The van der Waals surface area contributed by atoms with Gasteiger partial charge < -0.3 is 10.1 Å². The first-order valence-electron chi connectivity index (χ1n) is 6.50. The smallest absolute Gasteiger partial charge is 0.271 e. The molecule has 0 aliphatic carbocycles. The minimum absolute atomic E-state index is 0.134. The Labute approximate surface area is 141 Å². The van der Waals surface area contributed by atoms with E-state index in [1.165, 1.54) is 30.0 Å². The molecular formula is C15H13ClN2O4S. The van der Waals surface area contributed by atoms with Gasteiger partial charge in [0.05, 0.1) is 28.5 Å². The highest BCUT2D eigenvalue weighted by Crippen LogP contribution is 2.27. The van der Waals surface area contributed by atoms with Crippen molar-refractivity contribution in [3.8, 4) is 5.75 Å². The van der Waals surface area contributed by atoms with E-state index >= 15 is 0 Å². The van der Waals surface area contributed by atoms with Gasteiger partial charge in [-0.25, -0.2) is 0 Å². The Morgan fingerprint density at radius 3 is 2.83 bits per heavy atom. The first kappa shape index (κ1) is 17.1. The molecule has 120 valence electrons. The molecule has 1 N–H and O–H groups in total. The Morgan fingerprint density at radius 2 is 2.13 bits per heavy atom. The molecule has 6 nitrogen and oxygen atoms in total. The number of hydrogen-bond donors (Lipinski definition) is 1. The van der Waals surface area contributed by atoms with Crippen molar-refractivity contribution < 1.29 is 14.5 Å². The number of anilines is 1. The molecule has 0 unspecified atom stereocenters. The lowest BCUT2D eigenvalue weighted by atomic mass is 10.3. The first-order chi connectivity index (χ1) is 11.0. The molecule has 8 heteroatoms. The fourth-order valence-electron chi connectivity index (χ4n) is 1.75. The molecule has 0 radical (unpaired) electrons. The minimum Gasteiger partial charge on any atom is -0.497 e. The lowest BCUT2D eigenvalue weighted by Crippen LogP contribution is -2.14. The van der Waals surface area contributed by atoms with Gasteiger partial charge in [-0.2, -0.15) is 0 Å². The van der Waals surface area contributed by atoms with Crippen LogP contribution < -0.4 is 10.1 Å². The third-order valence-corrected chi connectivity index (χ3v) is 4.17. The Balaban J connectivity index is 1.99. The monoisotopic (exact) mass is 352 g/mol. The van der Waals surface area contributed by atoms with E-state index < -0.39 is 4.92 Å². The van der Waals surface area contributed by atoms with Gasteiger partial charge in [-0.05, 0) is 24.3 Å². The molecule has 0 spiro atoms. The molecule has 2 aromatic carbocycles. The van der Waals surface area contributed by atoms with E-state index in [1.54, 1.807) is 7.11 Å². The maximum Gasteiger partial charge on any atom is 0.271 e. The first-order valence-corrected chi connectivity index (χ1v) is 7.86. The summed E-state index contributed by atoms with van der Waals surface area (Å²) in [6.07, 6.45) is 0. The Morgan fingerprint density at radius 1 is 1.35 bits per heavy atom. The third kappa shape index (κ3) is 4.87. The van der Waals surface area contributed by atoms with Crippen molar-refractivity contribution in [3.05, 3.63) is 57.6 Å². The summed E-state index contributed by atoms with van der Waals surface area (Å²) in [5.74, 6) is 0.545. The van der Waals surface area contributed by atoms with Crippen LogP contribution in [0.2, 0.25) is 5.02 Å². The third-order valence-electron chi connectivity index (χ3n) is 2.85. The quantitative estimate of drug-likeness (QED) is 0.483. The van der Waals surface area contributed by atoms with E-state index in [4.69, 9.17) is 16.3 Å². The van der Waals surface area contributed by atoms with Crippen molar-refractivity contribution in [3.63, 3.8) is 0 Å². The zero-order valence-electron chi connectivity index (χ0n) is 12.1. The highest BCUT2D eigenvalue weighted by atomic mass is 35.5. The van der Waals surface area contributed by atoms with Gasteiger partial charge in [0.2, 0.25) is 5.91 Å². The lowest BCUT2D eigenvalue weighted by Gasteiger charge is -2.07. The zero-order chi connectivity index (χ0) is 16.8. The second-order valence-corrected chi connectivity index (χ2v) is 5.89. The standard InChI is InChI=1S/C15H13ClN2O4S/c1-22-11-3-2-4-12(8-11)23-9-15(19)17-14-7-10(18(20)21)5-6-13(14)16/h2-8H,9H2,1H3,(H,17,19). The number of benzene rings is 2. The van der Waals surface area contributed by atoms with Crippen molar-refractivity contribution >= 4 is 40.6 Å². The predicted octanol–water partition coefficient (Wildman–Crippen LogP) is 3.99. The second kappa shape index (κ2) is 7.85. The van der Waals surface area contributed by atoms with Gasteiger partial charge in [-0.3, -0.25) is 14.9 Å². The molecule has 0 aliphatic heterocycles. The SMILES string of the molecule is COc1cccc(SCC(=O)Nc2cc([N+](=O)[O-])ccc2Cl)c1. The summed E-state index contributed by atoms with van der Waals surface area (Å²) in [5.41, 5.74) is 0.0854. The number of rotatable bonds is 6. The Kier molecular flexibility index (Phi) is 5.84. The van der Waals surface area contributed by atoms with Crippen molar-refractivity contribution in [2.45, 2.75) is 4.90 Å². The maximum atomic E-state index is 12.0. The topological polar surface area (TPSA) is 81.5 Å². The molecule has 0 bridgehead atoms. The molecule has 23 heavy (non-hydrogen) atoms. The van der Waals surface area contributed by atoms with E-state index in [-0.39, 0.29) is 28.1 Å². The van der Waals surface area contributed by atoms with Gasteiger partial charge in [-0.15, -0.1) is 11.8 Å². The van der Waals surface area contributed by atoms with Gasteiger partial charge in [0.15, 0.2) is 0 Å². The van der Waals surface area contributed by atoms with Crippen molar-refractivity contribution in [1.82, 2.24) is 0 Å². The number of carbonyl (C=O) groups is 1. The van der Waals surface area contributed by atoms with Crippen LogP contribution in [0.3, 0.4) is 0 Å². The number of non-ortho nitro benzene ring substituents is 1. The molecule has 2 rings (SSSR count). The second-order valence-electron chi connectivity index (χ2n) is 4.44. The maximum absolute atomic E-state index is 12.0. The van der Waals surface area contributed by atoms with Crippen LogP contribution in [0.25, 0.3) is 0 Å². The Hall–Kier alpha value is -2.25. The van der Waals surface area contributed by atoms with E-state index in [2.05, 4.69) is 5.32 Å². The number of nitrogens with zero attached hydrogens (tertiary/aromatic N) is 1. The molecule has 0 aromatic heterocycles. The fourth-order valence-corrected chi connectivity index (χ4v) is 2.66. The fraction of sp³-hybridized carbons (Fsp3) is 0.133. The van der Waals surface area contributed by atoms with Crippen LogP contribution in [-0.4, -0.2) is 23.7 Å². The summed E-state index contributed by atoms with van der Waals surface area (Å²) in [5, 5.41) is 13.6. The van der Waals surface area contributed by atoms with Crippen LogP contribution in [0.15, 0.2) is 47.4 Å². The zero-order valence-corrected chi connectivity index (χ0v) is 13.7. The van der Waals surface area contributed by atoms with E-state index in [9.17, 15) is 14.9 Å². The van der Waals surface area contributed by atoms with Crippen LogP contribution in [0.1, 0.15) is 0 Å². The molecule has 1 amide bonds. The number of hydrogen-bond acceptors (Lipinski definition) is 5. The summed E-state index contributed by atoms with van der Waals surface area (Å²) >= 11 is 7.27. The molecule has 2 aromatic rings. The number of amides is 1. The van der Waals surface area contributed by atoms with Crippen LogP contribution in [0, 0.1) is 10.1 Å². The summed E-state index contributed by atoms with van der Waals surface area (Å²) in [6.45, 7) is 0. The molecule has 0 fully saturated rings. The number of carbonyl (C=O) groups excluding carboxylic acids is 1. The molecule has 0 saturated carbocycles. The van der Waals surface area contributed by atoms with Crippen LogP contribution >= 0.6 is 23.4 Å². The van der Waals surface area contributed by atoms with E-state index in [0.717, 1.165) is 4.90 Å². The number of thioether (sulfide) groups is 1.